The molecule has 202 valence electrons. The number of hydrogen-bond acceptors (Lipinski definition) is 5. The highest BCUT2D eigenvalue weighted by molar-refractivity contribution is 7.92. The molecule has 8 nitrogen and oxygen atoms in total. The Kier molecular flexibility index (Phi) is 10.0. The summed E-state index contributed by atoms with van der Waals surface area (Å²) in [6, 6.07) is 18.3. The molecule has 0 unspecified atom stereocenters. The van der Waals surface area contributed by atoms with Gasteiger partial charge in [0.15, 0.2) is 0 Å². The van der Waals surface area contributed by atoms with Gasteiger partial charge in [-0.05, 0) is 54.4 Å². The number of benzene rings is 3. The summed E-state index contributed by atoms with van der Waals surface area (Å²) in [5, 5.41) is 3.01. The first-order valence-corrected chi connectivity index (χ1v) is 14.0. The summed E-state index contributed by atoms with van der Waals surface area (Å²) in [7, 11) is -1.17. The van der Waals surface area contributed by atoms with E-state index in [1.807, 2.05) is 0 Å². The maximum Gasteiger partial charge on any atom is 0.264 e. The van der Waals surface area contributed by atoms with Crippen LogP contribution in [0.25, 0.3) is 0 Å². The van der Waals surface area contributed by atoms with Gasteiger partial charge < -0.3 is 15.0 Å². The molecule has 0 spiro atoms. The van der Waals surface area contributed by atoms with Gasteiger partial charge in [-0.3, -0.25) is 13.9 Å². The normalized spacial score (nSPS) is 11.9. The van der Waals surface area contributed by atoms with Gasteiger partial charge in [0.25, 0.3) is 10.0 Å². The van der Waals surface area contributed by atoms with Crippen LogP contribution >= 0.6 is 23.2 Å². The Hall–Kier alpha value is -3.27. The summed E-state index contributed by atoms with van der Waals surface area (Å²) in [6.45, 7) is 1.27. The van der Waals surface area contributed by atoms with Crippen molar-refractivity contribution in [3.8, 4) is 5.75 Å². The lowest BCUT2D eigenvalue weighted by Gasteiger charge is -2.33. The van der Waals surface area contributed by atoms with Gasteiger partial charge in [-0.1, -0.05) is 60.5 Å². The number of anilines is 1. The Labute approximate surface area is 233 Å². The number of nitrogens with zero attached hydrogens (tertiary/aromatic N) is 2. The van der Waals surface area contributed by atoms with Gasteiger partial charge in [-0.25, -0.2) is 8.42 Å². The Morgan fingerprint density at radius 3 is 2.11 bits per heavy atom. The van der Waals surface area contributed by atoms with E-state index in [0.29, 0.717) is 12.2 Å². The number of carbonyl (C=O) groups is 2. The molecular weight excluding hydrogens is 549 g/mol. The van der Waals surface area contributed by atoms with Crippen LogP contribution in [0.15, 0.2) is 77.7 Å². The molecule has 1 atom stereocenters. The first-order valence-electron chi connectivity index (χ1n) is 11.8. The van der Waals surface area contributed by atoms with Crippen LogP contribution < -0.4 is 14.4 Å². The summed E-state index contributed by atoms with van der Waals surface area (Å²) in [5.41, 5.74) is 0.863. The van der Waals surface area contributed by atoms with Crippen LogP contribution in [0.2, 0.25) is 10.0 Å². The highest BCUT2D eigenvalue weighted by Gasteiger charge is 2.33. The zero-order chi connectivity index (χ0) is 27.9. The topological polar surface area (TPSA) is 96.0 Å². The Morgan fingerprint density at radius 2 is 1.58 bits per heavy atom. The average molecular weight is 579 g/mol. The van der Waals surface area contributed by atoms with Crippen molar-refractivity contribution < 1.29 is 22.7 Å². The molecule has 0 saturated carbocycles. The maximum atomic E-state index is 13.9. The molecule has 0 heterocycles. The molecule has 0 aliphatic heterocycles. The molecule has 1 N–H and O–H groups in total. The van der Waals surface area contributed by atoms with E-state index in [9.17, 15) is 18.0 Å². The largest absolute Gasteiger partial charge is 0.497 e. The fourth-order valence-electron chi connectivity index (χ4n) is 3.95. The second kappa shape index (κ2) is 13.0. The molecule has 0 saturated heterocycles. The lowest BCUT2D eigenvalue weighted by Crippen LogP contribution is -2.51. The van der Waals surface area contributed by atoms with Crippen LogP contribution in [0.5, 0.6) is 5.75 Å². The van der Waals surface area contributed by atoms with Crippen LogP contribution in [0.1, 0.15) is 18.9 Å². The van der Waals surface area contributed by atoms with Crippen LogP contribution in [0, 0.1) is 0 Å². The van der Waals surface area contributed by atoms with Crippen LogP contribution in [0.4, 0.5) is 5.69 Å². The number of nitrogens with one attached hydrogen (secondary N) is 1. The number of rotatable bonds is 11. The minimum atomic E-state index is -4.20. The highest BCUT2D eigenvalue weighted by Crippen LogP contribution is 2.30. The van der Waals surface area contributed by atoms with Crippen molar-refractivity contribution in [2.75, 3.05) is 25.0 Å². The molecule has 0 aliphatic carbocycles. The Balaban J connectivity index is 2.07. The molecule has 3 aromatic carbocycles. The van der Waals surface area contributed by atoms with Crippen molar-refractivity contribution >= 4 is 50.7 Å². The zero-order valence-corrected chi connectivity index (χ0v) is 23.6. The molecule has 2 amide bonds. The quantitative estimate of drug-likeness (QED) is 0.354. The van der Waals surface area contributed by atoms with E-state index in [0.717, 1.165) is 9.87 Å². The molecule has 0 fully saturated rings. The van der Waals surface area contributed by atoms with E-state index < -0.39 is 28.5 Å². The predicted octanol–water partition coefficient (Wildman–Crippen LogP) is 4.75. The van der Waals surface area contributed by atoms with E-state index in [2.05, 4.69) is 5.32 Å². The van der Waals surface area contributed by atoms with Gasteiger partial charge in [0.2, 0.25) is 11.8 Å². The van der Waals surface area contributed by atoms with Crippen LogP contribution in [-0.4, -0.2) is 51.9 Å². The smallest absolute Gasteiger partial charge is 0.264 e. The second-order valence-corrected chi connectivity index (χ2v) is 11.1. The molecule has 11 heteroatoms. The van der Waals surface area contributed by atoms with Gasteiger partial charge in [-0.2, -0.15) is 0 Å². The van der Waals surface area contributed by atoms with E-state index in [1.54, 1.807) is 56.5 Å². The fraction of sp³-hybridized carbons (Fsp3) is 0.259. The van der Waals surface area contributed by atoms with Crippen LogP contribution in [-0.2, 0) is 26.2 Å². The third-order valence-corrected chi connectivity index (χ3v) is 8.11. The maximum absolute atomic E-state index is 13.9. The number of hydrogen-bond donors (Lipinski definition) is 1. The lowest BCUT2D eigenvalue weighted by atomic mass is 10.1. The van der Waals surface area contributed by atoms with Crippen molar-refractivity contribution in [1.82, 2.24) is 10.2 Å². The van der Waals surface area contributed by atoms with Crippen molar-refractivity contribution in [3.05, 3.63) is 88.4 Å². The van der Waals surface area contributed by atoms with Crippen LogP contribution in [0.3, 0.4) is 0 Å². The van der Waals surface area contributed by atoms with Gasteiger partial charge in [0, 0.05) is 23.6 Å². The molecular formula is C27H29Cl2N3O5S. The summed E-state index contributed by atoms with van der Waals surface area (Å²) in [4.78, 5) is 28.0. The number of likely N-dealkylation sites (N-methyl/N-ethyl adjacent to an activating group) is 1. The van der Waals surface area contributed by atoms with Crippen molar-refractivity contribution in [2.24, 2.45) is 0 Å². The SMILES string of the molecule is CC[C@H](C(=O)NC)N(Cc1ccc(OC)cc1)C(=O)CN(c1cc(Cl)cc(Cl)c1)S(=O)(=O)c1ccccc1. The summed E-state index contributed by atoms with van der Waals surface area (Å²) in [5.74, 6) is -0.299. The molecule has 3 rings (SSSR count). The zero-order valence-electron chi connectivity index (χ0n) is 21.2. The monoisotopic (exact) mass is 577 g/mol. The Bertz CT molecular complexity index is 1350. The van der Waals surface area contributed by atoms with Gasteiger partial charge in [0.05, 0.1) is 17.7 Å². The van der Waals surface area contributed by atoms with E-state index in [4.69, 9.17) is 27.9 Å². The van der Waals surface area contributed by atoms with Gasteiger partial charge >= 0.3 is 0 Å². The molecule has 3 aromatic rings. The Morgan fingerprint density at radius 1 is 0.974 bits per heavy atom. The number of amides is 2. The van der Waals surface area contributed by atoms with Gasteiger partial charge in [0.1, 0.15) is 18.3 Å². The average Bonchev–Trinajstić information content (AvgIpc) is 2.91. The van der Waals surface area contributed by atoms with E-state index >= 15 is 0 Å². The number of methoxy groups -OCH3 is 1. The minimum absolute atomic E-state index is 0.0102. The molecule has 0 radical (unpaired) electrons. The third kappa shape index (κ3) is 6.98. The summed E-state index contributed by atoms with van der Waals surface area (Å²) >= 11 is 12.4. The molecule has 0 aliphatic rings. The highest BCUT2D eigenvalue weighted by atomic mass is 35.5. The first kappa shape index (κ1) is 29.3. The number of halogens is 2. The lowest BCUT2D eigenvalue weighted by molar-refractivity contribution is -0.140. The third-order valence-electron chi connectivity index (χ3n) is 5.89. The number of carbonyl (C=O) groups excluding carboxylic acids is 2. The minimum Gasteiger partial charge on any atom is -0.497 e. The van der Waals surface area contributed by atoms with Gasteiger partial charge in [-0.15, -0.1) is 0 Å². The van der Waals surface area contributed by atoms with Crippen molar-refractivity contribution in [2.45, 2.75) is 30.8 Å². The summed E-state index contributed by atoms with van der Waals surface area (Å²) < 4.78 is 33.7. The number of sulfonamides is 1. The summed E-state index contributed by atoms with van der Waals surface area (Å²) in [6.07, 6.45) is 0.315. The fourth-order valence-corrected chi connectivity index (χ4v) is 5.88. The van der Waals surface area contributed by atoms with E-state index in [1.165, 1.54) is 42.3 Å². The van der Waals surface area contributed by atoms with Crippen molar-refractivity contribution in [3.63, 3.8) is 0 Å². The first-order chi connectivity index (χ1) is 18.1. The standard InChI is InChI=1S/C27H29Cl2N3O5S/c1-4-25(27(34)30-2)31(17-19-10-12-23(37-3)13-11-19)26(33)18-32(22-15-20(28)14-21(29)16-22)38(35,36)24-8-6-5-7-9-24/h5-16,25H,4,17-18H2,1-3H3,(H,30,34)/t25-/m1/s1. The molecule has 0 bridgehead atoms. The number of ether oxygens (including phenoxy) is 1. The van der Waals surface area contributed by atoms with E-state index in [-0.39, 0.29) is 33.1 Å². The predicted molar refractivity (Wildman–Crippen MR) is 149 cm³/mol. The van der Waals surface area contributed by atoms with Crippen molar-refractivity contribution in [1.29, 1.82) is 0 Å². The molecule has 0 aromatic heterocycles. The molecule has 38 heavy (non-hydrogen) atoms. The second-order valence-electron chi connectivity index (χ2n) is 8.36.